The van der Waals surface area contributed by atoms with Gasteiger partial charge in [-0.3, -0.25) is 9.59 Å². The second kappa shape index (κ2) is 6.05. The van der Waals surface area contributed by atoms with Gasteiger partial charge >= 0.3 is 0 Å². The van der Waals surface area contributed by atoms with E-state index in [0.717, 1.165) is 12.1 Å². The number of carbonyl (C=O) groups excluding carboxylic acids is 2. The summed E-state index contributed by atoms with van der Waals surface area (Å²) >= 11 is 1.18. The number of rotatable bonds is 4. The fourth-order valence-corrected chi connectivity index (χ4v) is 1.64. The molecule has 1 aromatic carbocycles. The highest BCUT2D eigenvalue weighted by atomic mass is 32.2. The van der Waals surface area contributed by atoms with E-state index in [2.05, 4.69) is 5.32 Å². The third kappa shape index (κ3) is 3.60. The lowest BCUT2D eigenvalue weighted by molar-refractivity contribution is -0.124. The second-order valence-electron chi connectivity index (χ2n) is 4.76. The van der Waals surface area contributed by atoms with Crippen LogP contribution in [0, 0.1) is 5.41 Å². The van der Waals surface area contributed by atoms with Gasteiger partial charge < -0.3 is 5.32 Å². The van der Waals surface area contributed by atoms with Gasteiger partial charge in [0.05, 0.1) is 0 Å². The summed E-state index contributed by atoms with van der Waals surface area (Å²) in [7, 11) is 0. The van der Waals surface area contributed by atoms with Crippen LogP contribution in [-0.4, -0.2) is 17.3 Å². The van der Waals surface area contributed by atoms with Crippen molar-refractivity contribution in [1.29, 1.82) is 0 Å². The van der Waals surface area contributed by atoms with Crippen LogP contribution in [0.4, 0.5) is 5.69 Å². The molecule has 0 heterocycles. The first kappa shape index (κ1) is 14.8. The van der Waals surface area contributed by atoms with Crippen LogP contribution in [0.25, 0.3) is 0 Å². The quantitative estimate of drug-likeness (QED) is 0.905. The number of benzene rings is 1. The Bertz CT molecular complexity index is 438. The van der Waals surface area contributed by atoms with E-state index in [9.17, 15) is 9.59 Å². The molecule has 98 valence electrons. The van der Waals surface area contributed by atoms with E-state index in [1.807, 2.05) is 20.8 Å². The van der Waals surface area contributed by atoms with Crippen molar-refractivity contribution in [3.63, 3.8) is 0 Å². The van der Waals surface area contributed by atoms with Crippen molar-refractivity contribution in [3.05, 3.63) is 29.8 Å². The molecular weight excluding hydrogens is 246 g/mol. The Morgan fingerprint density at radius 3 is 2.22 bits per heavy atom. The predicted octanol–water partition coefficient (Wildman–Crippen LogP) is 3.56. The van der Waals surface area contributed by atoms with E-state index >= 15 is 0 Å². The fraction of sp³-hybridized carbons (Fsp3) is 0.429. The molecule has 0 aliphatic heterocycles. The van der Waals surface area contributed by atoms with Crippen LogP contribution in [0.3, 0.4) is 0 Å². The molecule has 0 unspecified atom stereocenters. The summed E-state index contributed by atoms with van der Waals surface area (Å²) in [6, 6.07) is 6.97. The lowest BCUT2D eigenvalue weighted by Crippen LogP contribution is -2.29. The molecule has 0 fully saturated rings. The molecule has 1 aromatic rings. The maximum Gasteiger partial charge on any atom is 0.230 e. The standard InChI is InChI=1S/C14H19NO2S/c1-5-14(2,3)13(17)15-11-8-6-10(7-9-11)12(16)18-4/h6-9H,5H2,1-4H3,(H,15,17). The molecule has 0 radical (unpaired) electrons. The lowest BCUT2D eigenvalue weighted by atomic mass is 9.89. The molecule has 0 atom stereocenters. The maximum absolute atomic E-state index is 12.0. The summed E-state index contributed by atoms with van der Waals surface area (Å²) in [5, 5.41) is 2.89. The minimum Gasteiger partial charge on any atom is -0.326 e. The minimum atomic E-state index is -0.381. The number of thioether (sulfide) groups is 1. The number of amides is 1. The van der Waals surface area contributed by atoms with Crippen molar-refractivity contribution in [2.24, 2.45) is 5.41 Å². The first-order valence-electron chi connectivity index (χ1n) is 5.90. The van der Waals surface area contributed by atoms with Gasteiger partial charge in [0.15, 0.2) is 0 Å². The summed E-state index contributed by atoms with van der Waals surface area (Å²) in [4.78, 5) is 23.4. The van der Waals surface area contributed by atoms with E-state index < -0.39 is 0 Å². The minimum absolute atomic E-state index is 0.00561. The van der Waals surface area contributed by atoms with Gasteiger partial charge in [-0.2, -0.15) is 0 Å². The summed E-state index contributed by atoms with van der Waals surface area (Å²) in [5.41, 5.74) is 0.989. The molecule has 3 nitrogen and oxygen atoms in total. The molecule has 18 heavy (non-hydrogen) atoms. The van der Waals surface area contributed by atoms with E-state index in [1.54, 1.807) is 30.5 Å². The normalized spacial score (nSPS) is 11.1. The van der Waals surface area contributed by atoms with Gasteiger partial charge in [-0.05, 0) is 36.9 Å². The van der Waals surface area contributed by atoms with Crippen LogP contribution in [-0.2, 0) is 4.79 Å². The highest BCUT2D eigenvalue weighted by Gasteiger charge is 2.25. The Balaban J connectivity index is 2.76. The number of anilines is 1. The number of hydrogen-bond acceptors (Lipinski definition) is 3. The van der Waals surface area contributed by atoms with Gasteiger partial charge in [0, 0.05) is 16.7 Å². The molecule has 1 amide bonds. The van der Waals surface area contributed by atoms with Gasteiger partial charge in [0.25, 0.3) is 0 Å². The van der Waals surface area contributed by atoms with Crippen molar-refractivity contribution in [1.82, 2.24) is 0 Å². The van der Waals surface area contributed by atoms with Crippen LogP contribution >= 0.6 is 11.8 Å². The smallest absolute Gasteiger partial charge is 0.230 e. The predicted molar refractivity (Wildman–Crippen MR) is 77.0 cm³/mol. The first-order chi connectivity index (χ1) is 8.40. The second-order valence-corrected chi connectivity index (χ2v) is 5.54. The van der Waals surface area contributed by atoms with Crippen LogP contribution in [0.2, 0.25) is 0 Å². The number of hydrogen-bond donors (Lipinski definition) is 1. The van der Waals surface area contributed by atoms with Gasteiger partial charge in [0.1, 0.15) is 0 Å². The topological polar surface area (TPSA) is 46.2 Å². The SMILES string of the molecule is CCC(C)(C)C(=O)Nc1ccc(C(=O)SC)cc1. The number of nitrogens with one attached hydrogen (secondary N) is 1. The molecule has 0 aliphatic carbocycles. The average Bonchev–Trinajstić information content (AvgIpc) is 2.38. The molecule has 4 heteroatoms. The monoisotopic (exact) mass is 265 g/mol. The molecule has 0 spiro atoms. The molecule has 1 N–H and O–H groups in total. The zero-order valence-electron chi connectivity index (χ0n) is 11.2. The Morgan fingerprint density at radius 1 is 1.22 bits per heavy atom. The third-order valence-corrected chi connectivity index (χ3v) is 3.67. The summed E-state index contributed by atoms with van der Waals surface area (Å²) in [6.45, 7) is 5.81. The van der Waals surface area contributed by atoms with Crippen molar-refractivity contribution >= 4 is 28.5 Å². The number of carbonyl (C=O) groups is 2. The molecular formula is C14H19NO2S. The highest BCUT2D eigenvalue weighted by molar-refractivity contribution is 8.13. The van der Waals surface area contributed by atoms with E-state index in [1.165, 1.54) is 11.8 Å². The Morgan fingerprint density at radius 2 is 1.78 bits per heavy atom. The molecule has 0 bridgehead atoms. The van der Waals surface area contributed by atoms with Crippen molar-refractivity contribution in [2.75, 3.05) is 11.6 Å². The molecule has 0 saturated carbocycles. The van der Waals surface area contributed by atoms with Crippen LogP contribution in [0.5, 0.6) is 0 Å². The van der Waals surface area contributed by atoms with Gasteiger partial charge in [-0.1, -0.05) is 32.5 Å². The zero-order chi connectivity index (χ0) is 13.8. The van der Waals surface area contributed by atoms with Gasteiger partial charge in [-0.15, -0.1) is 0 Å². The van der Waals surface area contributed by atoms with Gasteiger partial charge in [-0.25, -0.2) is 0 Å². The molecule has 1 rings (SSSR count). The Labute approximate surface area is 112 Å². The zero-order valence-corrected chi connectivity index (χ0v) is 12.1. The van der Waals surface area contributed by atoms with Crippen LogP contribution in [0.1, 0.15) is 37.6 Å². The lowest BCUT2D eigenvalue weighted by Gasteiger charge is -2.21. The Hall–Kier alpha value is -1.29. The van der Waals surface area contributed by atoms with Gasteiger partial charge in [0.2, 0.25) is 11.0 Å². The molecule has 0 saturated heterocycles. The maximum atomic E-state index is 12.0. The van der Waals surface area contributed by atoms with E-state index in [-0.39, 0.29) is 16.4 Å². The summed E-state index contributed by atoms with van der Waals surface area (Å²) in [6.07, 6.45) is 2.53. The van der Waals surface area contributed by atoms with E-state index in [4.69, 9.17) is 0 Å². The van der Waals surface area contributed by atoms with Crippen LogP contribution in [0.15, 0.2) is 24.3 Å². The highest BCUT2D eigenvalue weighted by Crippen LogP contribution is 2.22. The largest absolute Gasteiger partial charge is 0.326 e. The average molecular weight is 265 g/mol. The fourth-order valence-electron chi connectivity index (χ4n) is 1.27. The van der Waals surface area contributed by atoms with Crippen molar-refractivity contribution in [3.8, 4) is 0 Å². The summed E-state index contributed by atoms with van der Waals surface area (Å²) in [5.74, 6) is -0.00561. The Kier molecular flexibility index (Phi) is 4.96. The van der Waals surface area contributed by atoms with Crippen molar-refractivity contribution < 1.29 is 9.59 Å². The molecule has 0 aromatic heterocycles. The first-order valence-corrected chi connectivity index (χ1v) is 7.13. The third-order valence-electron chi connectivity index (χ3n) is 3.06. The van der Waals surface area contributed by atoms with Crippen LogP contribution < -0.4 is 5.32 Å². The summed E-state index contributed by atoms with van der Waals surface area (Å²) < 4.78 is 0. The molecule has 0 aliphatic rings. The van der Waals surface area contributed by atoms with Crippen molar-refractivity contribution in [2.45, 2.75) is 27.2 Å². The van der Waals surface area contributed by atoms with E-state index in [0.29, 0.717) is 5.56 Å².